The second-order valence-electron chi connectivity index (χ2n) is 4.59. The van der Waals surface area contributed by atoms with Crippen LogP contribution in [0.25, 0.3) is 0 Å². The summed E-state index contributed by atoms with van der Waals surface area (Å²) >= 11 is 0. The van der Waals surface area contributed by atoms with Crippen LogP contribution in [0.1, 0.15) is 38.4 Å². The van der Waals surface area contributed by atoms with Gasteiger partial charge in [-0.3, -0.25) is 4.98 Å². The smallest absolute Gasteiger partial charge is 0.141 e. The minimum absolute atomic E-state index is 0.153. The Morgan fingerprint density at radius 3 is 2.78 bits per heavy atom. The number of hydrogen-bond donors (Lipinski definition) is 1. The lowest BCUT2D eigenvalue weighted by Gasteiger charge is -2.24. The number of pyridine rings is 1. The predicted octanol–water partition coefficient (Wildman–Crippen LogP) is 2.93. The Morgan fingerprint density at radius 2 is 2.22 bits per heavy atom. The molecule has 0 fully saturated rings. The number of rotatable bonds is 8. The zero-order valence-corrected chi connectivity index (χ0v) is 11.4. The van der Waals surface area contributed by atoms with Crippen LogP contribution in [-0.4, -0.2) is 25.2 Å². The largest absolute Gasteiger partial charge is 0.385 e. The van der Waals surface area contributed by atoms with Crippen molar-refractivity contribution >= 4 is 0 Å². The van der Waals surface area contributed by atoms with Crippen LogP contribution >= 0.6 is 0 Å². The molecule has 1 aromatic heterocycles. The van der Waals surface area contributed by atoms with Crippen LogP contribution in [-0.2, 0) is 4.74 Å². The fourth-order valence-corrected chi connectivity index (χ4v) is 1.94. The molecule has 1 heterocycles. The molecule has 0 saturated heterocycles. The first kappa shape index (κ1) is 15.1. The maximum absolute atomic E-state index is 12.9. The van der Waals surface area contributed by atoms with Gasteiger partial charge in [-0.25, -0.2) is 4.39 Å². The molecule has 0 radical (unpaired) electrons. The molecule has 0 spiro atoms. The summed E-state index contributed by atoms with van der Waals surface area (Å²) in [5.41, 5.74) is 0.897. The number of ether oxygens (including phenoxy) is 1. The van der Waals surface area contributed by atoms with Crippen molar-refractivity contribution in [3.8, 4) is 0 Å². The van der Waals surface area contributed by atoms with Crippen LogP contribution in [0, 0.1) is 11.7 Å². The molecule has 3 nitrogen and oxygen atoms in total. The van der Waals surface area contributed by atoms with Gasteiger partial charge in [0.1, 0.15) is 5.82 Å². The molecular weight excluding hydrogens is 231 g/mol. The molecular formula is C14H23FN2O. The van der Waals surface area contributed by atoms with Crippen molar-refractivity contribution in [3.63, 3.8) is 0 Å². The summed E-state index contributed by atoms with van der Waals surface area (Å²) in [6.07, 6.45) is 3.30. The van der Waals surface area contributed by atoms with Crippen molar-refractivity contribution in [1.82, 2.24) is 10.3 Å². The van der Waals surface area contributed by atoms with Gasteiger partial charge in [0.25, 0.3) is 0 Å². The molecule has 0 amide bonds. The molecule has 0 aliphatic carbocycles. The molecule has 1 aromatic rings. The average molecular weight is 254 g/mol. The Bertz CT molecular complexity index is 329. The van der Waals surface area contributed by atoms with Crippen molar-refractivity contribution in [3.05, 3.63) is 29.8 Å². The van der Waals surface area contributed by atoms with Gasteiger partial charge in [0.2, 0.25) is 0 Å². The lowest BCUT2D eigenvalue weighted by atomic mass is 9.95. The van der Waals surface area contributed by atoms with Gasteiger partial charge in [-0.2, -0.15) is 0 Å². The van der Waals surface area contributed by atoms with Gasteiger partial charge in [0, 0.05) is 13.7 Å². The third-order valence-corrected chi connectivity index (χ3v) is 3.03. The predicted molar refractivity (Wildman–Crippen MR) is 70.9 cm³/mol. The maximum Gasteiger partial charge on any atom is 0.141 e. The quantitative estimate of drug-likeness (QED) is 0.774. The van der Waals surface area contributed by atoms with E-state index in [0.29, 0.717) is 5.92 Å². The maximum atomic E-state index is 12.9. The Kier molecular flexibility index (Phi) is 6.83. The van der Waals surface area contributed by atoms with Crippen LogP contribution in [0.3, 0.4) is 0 Å². The second kappa shape index (κ2) is 8.16. The molecule has 0 saturated carbocycles. The van der Waals surface area contributed by atoms with Crippen molar-refractivity contribution < 1.29 is 9.13 Å². The van der Waals surface area contributed by atoms with Gasteiger partial charge in [0.05, 0.1) is 17.9 Å². The SMILES string of the molecule is CCCNC(c1ccc(F)cn1)C(C)CCOC. The third-order valence-electron chi connectivity index (χ3n) is 3.03. The fraction of sp³-hybridized carbons (Fsp3) is 0.643. The molecule has 0 aliphatic rings. The number of nitrogens with zero attached hydrogens (tertiary/aromatic N) is 1. The van der Waals surface area contributed by atoms with Crippen LogP contribution < -0.4 is 5.32 Å². The molecule has 18 heavy (non-hydrogen) atoms. The zero-order valence-electron chi connectivity index (χ0n) is 11.4. The van der Waals surface area contributed by atoms with E-state index in [-0.39, 0.29) is 11.9 Å². The molecule has 4 heteroatoms. The molecule has 2 atom stereocenters. The monoisotopic (exact) mass is 254 g/mol. The highest BCUT2D eigenvalue weighted by atomic mass is 19.1. The van der Waals surface area contributed by atoms with E-state index in [1.807, 2.05) is 0 Å². The molecule has 0 bridgehead atoms. The summed E-state index contributed by atoms with van der Waals surface area (Å²) in [5, 5.41) is 3.47. The van der Waals surface area contributed by atoms with E-state index in [2.05, 4.69) is 24.1 Å². The van der Waals surface area contributed by atoms with Gasteiger partial charge in [0.15, 0.2) is 0 Å². The average Bonchev–Trinajstić information content (AvgIpc) is 2.38. The number of aromatic nitrogens is 1. The molecule has 1 rings (SSSR count). The van der Waals surface area contributed by atoms with Gasteiger partial charge >= 0.3 is 0 Å². The van der Waals surface area contributed by atoms with Crippen LogP contribution in [0.15, 0.2) is 18.3 Å². The van der Waals surface area contributed by atoms with Crippen molar-refractivity contribution in [2.75, 3.05) is 20.3 Å². The lowest BCUT2D eigenvalue weighted by molar-refractivity contribution is 0.169. The number of hydrogen-bond acceptors (Lipinski definition) is 3. The first-order valence-electron chi connectivity index (χ1n) is 6.52. The minimum atomic E-state index is -0.294. The van der Waals surface area contributed by atoms with E-state index in [1.54, 1.807) is 13.2 Å². The minimum Gasteiger partial charge on any atom is -0.385 e. The number of methoxy groups -OCH3 is 1. The van der Waals surface area contributed by atoms with E-state index in [4.69, 9.17) is 4.74 Å². The normalized spacial score (nSPS) is 14.4. The standard InChI is InChI=1S/C14H23FN2O/c1-4-8-16-14(11(2)7-9-18-3)13-6-5-12(15)10-17-13/h5-6,10-11,14,16H,4,7-9H2,1-3H3. The topological polar surface area (TPSA) is 34.2 Å². The third kappa shape index (κ3) is 4.70. The van der Waals surface area contributed by atoms with Crippen molar-refractivity contribution in [2.24, 2.45) is 5.92 Å². The molecule has 2 unspecified atom stereocenters. The van der Waals surface area contributed by atoms with Gasteiger partial charge in [-0.1, -0.05) is 13.8 Å². The Balaban J connectivity index is 2.73. The molecule has 0 aliphatic heterocycles. The molecule has 0 aromatic carbocycles. The summed E-state index contributed by atoms with van der Waals surface area (Å²) < 4.78 is 18.0. The first-order chi connectivity index (χ1) is 8.69. The Morgan fingerprint density at radius 1 is 1.44 bits per heavy atom. The first-order valence-corrected chi connectivity index (χ1v) is 6.52. The second-order valence-corrected chi connectivity index (χ2v) is 4.59. The van der Waals surface area contributed by atoms with E-state index in [1.165, 1.54) is 12.3 Å². The van der Waals surface area contributed by atoms with Crippen LogP contribution in [0.2, 0.25) is 0 Å². The van der Waals surface area contributed by atoms with Gasteiger partial charge in [-0.15, -0.1) is 0 Å². The molecule has 1 N–H and O–H groups in total. The zero-order chi connectivity index (χ0) is 13.4. The molecule has 102 valence electrons. The van der Waals surface area contributed by atoms with Gasteiger partial charge in [-0.05, 0) is 37.4 Å². The van der Waals surface area contributed by atoms with E-state index in [9.17, 15) is 4.39 Å². The van der Waals surface area contributed by atoms with Crippen LogP contribution in [0.5, 0.6) is 0 Å². The summed E-state index contributed by atoms with van der Waals surface area (Å²) in [7, 11) is 1.71. The van der Waals surface area contributed by atoms with Crippen molar-refractivity contribution in [2.45, 2.75) is 32.7 Å². The van der Waals surface area contributed by atoms with E-state index >= 15 is 0 Å². The highest BCUT2D eigenvalue weighted by molar-refractivity contribution is 5.10. The summed E-state index contributed by atoms with van der Waals surface area (Å²) in [5.74, 6) is 0.104. The Labute approximate surface area is 109 Å². The van der Waals surface area contributed by atoms with Crippen LogP contribution in [0.4, 0.5) is 4.39 Å². The summed E-state index contributed by atoms with van der Waals surface area (Å²) in [4.78, 5) is 4.18. The fourth-order valence-electron chi connectivity index (χ4n) is 1.94. The van der Waals surface area contributed by atoms with Gasteiger partial charge < -0.3 is 10.1 Å². The highest BCUT2D eigenvalue weighted by Crippen LogP contribution is 2.23. The number of nitrogens with one attached hydrogen (secondary N) is 1. The van der Waals surface area contributed by atoms with E-state index in [0.717, 1.165) is 31.7 Å². The summed E-state index contributed by atoms with van der Waals surface area (Å²) in [6, 6.07) is 3.37. The lowest BCUT2D eigenvalue weighted by Crippen LogP contribution is -2.29. The highest BCUT2D eigenvalue weighted by Gasteiger charge is 2.19. The van der Waals surface area contributed by atoms with E-state index < -0.39 is 0 Å². The number of halogens is 1. The summed E-state index contributed by atoms with van der Waals surface area (Å²) in [6.45, 7) is 5.95. The Hall–Kier alpha value is -1.00. The van der Waals surface area contributed by atoms with Crippen molar-refractivity contribution in [1.29, 1.82) is 0 Å².